The van der Waals surface area contributed by atoms with E-state index in [2.05, 4.69) is 5.32 Å². The van der Waals surface area contributed by atoms with Crippen molar-refractivity contribution < 1.29 is 19.5 Å². The third-order valence-electron chi connectivity index (χ3n) is 5.84. The zero-order valence-electron chi connectivity index (χ0n) is 18.4. The Morgan fingerprint density at radius 3 is 2.03 bits per heavy atom. The fraction of sp³-hybridized carbons (Fsp3) is 0.148. The quantitative estimate of drug-likeness (QED) is 0.566. The number of aromatic hydroxyl groups is 1. The van der Waals surface area contributed by atoms with E-state index in [0.29, 0.717) is 28.2 Å². The van der Waals surface area contributed by atoms with Crippen molar-refractivity contribution in [3.05, 3.63) is 102 Å². The largest absolute Gasteiger partial charge is 0.508 e. The predicted molar refractivity (Wildman–Crippen MR) is 127 cm³/mol. The number of benzene rings is 3. The lowest BCUT2D eigenvalue weighted by molar-refractivity contribution is -0.132. The molecule has 0 spiro atoms. The molecule has 0 saturated heterocycles. The molecule has 0 saturated carbocycles. The molecular formula is C27H24N2O4. The summed E-state index contributed by atoms with van der Waals surface area (Å²) in [5.74, 6) is -2.94. The van der Waals surface area contributed by atoms with E-state index >= 15 is 0 Å². The van der Waals surface area contributed by atoms with Crippen LogP contribution in [0.2, 0.25) is 0 Å². The van der Waals surface area contributed by atoms with Crippen molar-refractivity contribution in [2.45, 2.75) is 19.8 Å². The van der Waals surface area contributed by atoms with Crippen molar-refractivity contribution >= 4 is 29.0 Å². The molecule has 3 aromatic carbocycles. The van der Waals surface area contributed by atoms with Gasteiger partial charge in [-0.2, -0.15) is 0 Å². The Hall–Kier alpha value is -4.19. The number of ketones is 1. The maximum atomic E-state index is 13.6. The molecule has 2 atom stereocenters. The highest BCUT2D eigenvalue weighted by Crippen LogP contribution is 2.43. The van der Waals surface area contributed by atoms with Crippen molar-refractivity contribution in [3.63, 3.8) is 0 Å². The number of hydrogen-bond acceptors (Lipinski definition) is 4. The van der Waals surface area contributed by atoms with Crippen molar-refractivity contribution in [3.8, 4) is 5.75 Å². The highest BCUT2D eigenvalue weighted by Gasteiger charge is 2.46. The molecule has 0 radical (unpaired) electrons. The predicted octanol–water partition coefficient (Wildman–Crippen LogP) is 4.64. The Balaban J connectivity index is 1.92. The molecule has 6 heteroatoms. The smallest absolute Gasteiger partial charge is 0.254 e. The van der Waals surface area contributed by atoms with Crippen LogP contribution in [0.25, 0.3) is 0 Å². The number of nitrogens with zero attached hydrogens (tertiary/aromatic N) is 1. The maximum Gasteiger partial charge on any atom is 0.254 e. The average molecular weight is 440 g/mol. The van der Waals surface area contributed by atoms with Crippen LogP contribution < -0.4 is 10.2 Å². The molecule has 3 aromatic rings. The van der Waals surface area contributed by atoms with Crippen LogP contribution in [-0.4, -0.2) is 22.7 Å². The Morgan fingerprint density at radius 2 is 1.45 bits per heavy atom. The molecule has 2 N–H and O–H groups in total. The van der Waals surface area contributed by atoms with Crippen molar-refractivity contribution in [1.82, 2.24) is 0 Å². The van der Waals surface area contributed by atoms with Gasteiger partial charge >= 0.3 is 0 Å². The second-order valence-corrected chi connectivity index (χ2v) is 7.99. The number of anilines is 2. The second-order valence-electron chi connectivity index (χ2n) is 7.99. The van der Waals surface area contributed by atoms with Gasteiger partial charge in [-0.25, -0.2) is 0 Å². The number of carbonyl (C=O) groups excluding carboxylic acids is 3. The summed E-state index contributed by atoms with van der Waals surface area (Å²) in [6.07, 6.45) is 0. The van der Waals surface area contributed by atoms with Gasteiger partial charge in [-0.05, 0) is 55.8 Å². The third-order valence-corrected chi connectivity index (χ3v) is 5.84. The van der Waals surface area contributed by atoms with Gasteiger partial charge in [-0.3, -0.25) is 19.3 Å². The number of Topliss-reactive ketones (excluding diaryl/α,β-unsaturated/α-hetero) is 1. The number of phenolic OH excluding ortho intramolecular Hbond substituents is 1. The van der Waals surface area contributed by atoms with Gasteiger partial charge in [-0.15, -0.1) is 0 Å². The molecular weight excluding hydrogens is 416 g/mol. The Morgan fingerprint density at radius 1 is 0.879 bits per heavy atom. The van der Waals surface area contributed by atoms with Crippen molar-refractivity contribution in [1.29, 1.82) is 0 Å². The number of allylic oxidation sites excluding steroid dienone is 1. The van der Waals surface area contributed by atoms with Gasteiger partial charge in [-0.1, -0.05) is 48.5 Å². The molecule has 1 aliphatic rings. The molecule has 2 amide bonds. The highest BCUT2D eigenvalue weighted by atomic mass is 16.3. The van der Waals surface area contributed by atoms with Gasteiger partial charge < -0.3 is 10.4 Å². The molecule has 166 valence electrons. The maximum absolute atomic E-state index is 13.6. The van der Waals surface area contributed by atoms with E-state index in [1.54, 1.807) is 55.5 Å². The van der Waals surface area contributed by atoms with E-state index in [1.807, 2.05) is 24.3 Å². The van der Waals surface area contributed by atoms with Gasteiger partial charge in [0.15, 0.2) is 0 Å². The lowest BCUT2D eigenvalue weighted by Crippen LogP contribution is -2.48. The Bertz CT molecular complexity index is 1220. The van der Waals surface area contributed by atoms with Gasteiger partial charge in [0.2, 0.25) is 5.91 Å². The summed E-state index contributed by atoms with van der Waals surface area (Å²) in [4.78, 5) is 41.5. The van der Waals surface area contributed by atoms with Crippen LogP contribution in [0, 0.1) is 5.92 Å². The number of hydrogen-bond donors (Lipinski definition) is 2. The number of rotatable bonds is 5. The average Bonchev–Trinajstić information content (AvgIpc) is 2.80. The van der Waals surface area contributed by atoms with Crippen LogP contribution in [0.15, 0.2) is 96.2 Å². The Kier molecular flexibility index (Phi) is 6.09. The zero-order chi connectivity index (χ0) is 23.5. The topological polar surface area (TPSA) is 86.7 Å². The molecule has 0 unspecified atom stereocenters. The molecule has 33 heavy (non-hydrogen) atoms. The first kappa shape index (κ1) is 22.0. The summed E-state index contributed by atoms with van der Waals surface area (Å²) in [6.45, 7) is 3.08. The Labute approximate surface area is 192 Å². The highest BCUT2D eigenvalue weighted by molar-refractivity contribution is 6.16. The lowest BCUT2D eigenvalue weighted by Gasteiger charge is -2.39. The van der Waals surface area contributed by atoms with E-state index in [0.717, 1.165) is 0 Å². The van der Waals surface area contributed by atoms with Crippen LogP contribution in [0.5, 0.6) is 5.75 Å². The van der Waals surface area contributed by atoms with Crippen molar-refractivity contribution in [2.24, 2.45) is 5.92 Å². The molecule has 0 aromatic heterocycles. The number of nitrogens with one attached hydrogen (secondary N) is 1. The number of para-hydroxylation sites is 2. The van der Waals surface area contributed by atoms with Gasteiger partial charge in [0.05, 0.1) is 0 Å². The second kappa shape index (κ2) is 9.12. The van der Waals surface area contributed by atoms with Gasteiger partial charge in [0, 0.05) is 28.6 Å². The molecule has 1 heterocycles. The first-order valence-corrected chi connectivity index (χ1v) is 10.6. The molecule has 1 aliphatic heterocycles. The lowest BCUT2D eigenvalue weighted by atomic mass is 9.74. The standard InChI is InChI=1S/C27H24N2O4/c1-17-23(26(32)28-20-9-5-3-6-10-20)25(19-13-15-22(31)16-14-19)24(18(2)30)27(33)29(17)21-11-7-4-8-12-21/h3-16,24-25,31H,1-2H3,(H,28,32)/t24-,25+/m0/s1. The minimum Gasteiger partial charge on any atom is -0.508 e. The van der Waals surface area contributed by atoms with Gasteiger partial charge in [0.25, 0.3) is 5.91 Å². The van der Waals surface area contributed by atoms with E-state index in [4.69, 9.17) is 0 Å². The first-order valence-electron chi connectivity index (χ1n) is 10.6. The minimum absolute atomic E-state index is 0.0576. The molecule has 4 rings (SSSR count). The van der Waals surface area contributed by atoms with E-state index in [1.165, 1.54) is 24.0 Å². The van der Waals surface area contributed by atoms with E-state index < -0.39 is 17.7 Å². The fourth-order valence-corrected chi connectivity index (χ4v) is 4.33. The van der Waals surface area contributed by atoms with Crippen LogP contribution in [0.3, 0.4) is 0 Å². The summed E-state index contributed by atoms with van der Waals surface area (Å²) in [5, 5.41) is 12.7. The molecule has 0 bridgehead atoms. The van der Waals surface area contributed by atoms with Crippen molar-refractivity contribution in [2.75, 3.05) is 10.2 Å². The number of amides is 2. The van der Waals surface area contributed by atoms with E-state index in [9.17, 15) is 19.5 Å². The van der Waals surface area contributed by atoms with Gasteiger partial charge in [0.1, 0.15) is 17.5 Å². The first-order chi connectivity index (χ1) is 15.9. The normalized spacial score (nSPS) is 18.2. The summed E-state index contributed by atoms with van der Waals surface area (Å²) in [6, 6.07) is 24.3. The summed E-state index contributed by atoms with van der Waals surface area (Å²) in [7, 11) is 0. The minimum atomic E-state index is -1.09. The van der Waals surface area contributed by atoms with E-state index in [-0.39, 0.29) is 17.4 Å². The summed E-state index contributed by atoms with van der Waals surface area (Å²) in [5.41, 5.74) is 2.57. The van der Waals surface area contributed by atoms with Crippen LogP contribution >= 0.6 is 0 Å². The molecule has 0 fully saturated rings. The SMILES string of the molecule is CC(=O)[C@@H]1C(=O)N(c2ccccc2)C(C)=C(C(=O)Nc2ccccc2)[C@H]1c1ccc(O)cc1. The third kappa shape index (κ3) is 4.28. The van der Waals surface area contributed by atoms with Crippen LogP contribution in [0.1, 0.15) is 25.3 Å². The monoisotopic (exact) mass is 440 g/mol. The molecule has 0 aliphatic carbocycles. The fourth-order valence-electron chi connectivity index (χ4n) is 4.33. The summed E-state index contributed by atoms with van der Waals surface area (Å²) < 4.78 is 0. The summed E-state index contributed by atoms with van der Waals surface area (Å²) >= 11 is 0. The molecule has 6 nitrogen and oxygen atoms in total. The number of phenols is 1. The van der Waals surface area contributed by atoms with Crippen LogP contribution in [0.4, 0.5) is 11.4 Å². The zero-order valence-corrected chi connectivity index (χ0v) is 18.4. The number of carbonyl (C=O) groups is 3. The van der Waals surface area contributed by atoms with Crippen LogP contribution in [-0.2, 0) is 14.4 Å².